The maximum Gasteiger partial charge on any atom is 0.0193 e. The third kappa shape index (κ3) is 25.6. The van der Waals surface area contributed by atoms with Gasteiger partial charge in [0.15, 0.2) is 0 Å². The highest BCUT2D eigenvalue weighted by Gasteiger charge is 2.56. The first kappa shape index (κ1) is 108. The van der Waals surface area contributed by atoms with Gasteiger partial charge >= 0.3 is 0 Å². The van der Waals surface area contributed by atoms with Gasteiger partial charge in [0.25, 0.3) is 0 Å². The molecule has 5 atom stereocenters. The van der Waals surface area contributed by atoms with Crippen molar-refractivity contribution in [1.29, 1.82) is 0 Å². The molecule has 0 aliphatic heterocycles. The number of rotatable bonds is 75. The van der Waals surface area contributed by atoms with E-state index in [1.54, 1.807) is 89.0 Å². The monoisotopic (exact) mass is 1790 g/mol. The second-order valence-corrected chi connectivity index (χ2v) is 46.1. The lowest BCUT2D eigenvalue weighted by atomic mass is 9.67. The van der Waals surface area contributed by atoms with E-state index in [2.05, 4.69) is 171 Å². The Balaban J connectivity index is 1.28. The summed E-state index contributed by atoms with van der Waals surface area (Å²) in [6.45, 7) is 41.4. The third-order valence-corrected chi connectivity index (χ3v) is 35.5. The van der Waals surface area contributed by atoms with E-state index in [1.807, 2.05) is 55.6 Å². The Morgan fingerprint density at radius 3 is 0.727 bits per heavy atom. The SMILES string of the molecule is CCCCCCCCCCC1(C)c2cccc(CCCCCC)c2-c2c1cc1c(c2CCCCCC)C(C)(CCCCCCCCCC)c2c(CCCCCC)c3c(c(CCCCCC)c2-1)C(C)(CCCCCCCCCC)c1cc2c(cc1-3)C(C)(CCCCCCCCCC)c1c(CCCCCC)c3c(c(CCCCCC)c1-2)C(C)(CCCCCCCCCC)c1ccccc1-3. The van der Waals surface area contributed by atoms with Crippen LogP contribution < -0.4 is 0 Å². The summed E-state index contributed by atoms with van der Waals surface area (Å²) in [5, 5.41) is 0. The summed E-state index contributed by atoms with van der Waals surface area (Å²) in [5.41, 5.74) is 45.6. The van der Waals surface area contributed by atoms with Crippen molar-refractivity contribution in [2.24, 2.45) is 0 Å². The molecule has 0 radical (unpaired) electrons. The van der Waals surface area contributed by atoms with Crippen LogP contribution in [0.5, 0.6) is 0 Å². The molecule has 0 saturated heterocycles. The number of fused-ring (bicyclic) bond motifs is 15. The van der Waals surface area contributed by atoms with Crippen molar-refractivity contribution in [1.82, 2.24) is 0 Å². The first-order valence-electron chi connectivity index (χ1n) is 59.7. The Morgan fingerprint density at radius 1 is 0.159 bits per heavy atom. The van der Waals surface area contributed by atoms with Crippen LogP contribution in [-0.2, 0) is 65.6 Å². The summed E-state index contributed by atoms with van der Waals surface area (Å²) in [7, 11) is 0. The highest BCUT2D eigenvalue weighted by Crippen LogP contribution is 2.70. The molecule has 0 heteroatoms. The predicted octanol–water partition coefficient (Wildman–Crippen LogP) is 43.5. The lowest BCUT2D eigenvalue weighted by Gasteiger charge is -2.36. The van der Waals surface area contributed by atoms with E-state index in [0.29, 0.717) is 0 Å². The Hall–Kier alpha value is -4.68. The van der Waals surface area contributed by atoms with Crippen molar-refractivity contribution < 1.29 is 0 Å². The Bertz CT molecular complexity index is 4380. The highest BCUT2D eigenvalue weighted by atomic mass is 14.6. The van der Waals surface area contributed by atoms with Crippen LogP contribution in [0.3, 0.4) is 0 Å². The van der Waals surface area contributed by atoms with Crippen LogP contribution in [0.25, 0.3) is 55.6 Å². The van der Waals surface area contributed by atoms with Gasteiger partial charge in [-0.15, -0.1) is 0 Å². The van der Waals surface area contributed by atoms with Gasteiger partial charge in [0.2, 0.25) is 0 Å². The minimum atomic E-state index is -0.168. The fraction of sp³-hybridized carbons (Fsp3) is 0.727. The number of hydrogen-bond acceptors (Lipinski definition) is 0. The number of aryl methyl sites for hydroxylation is 1. The Labute approximate surface area is 819 Å². The maximum atomic E-state index is 3.16. The van der Waals surface area contributed by atoms with Crippen LogP contribution >= 0.6 is 0 Å². The zero-order valence-corrected chi connectivity index (χ0v) is 90.3. The van der Waals surface area contributed by atoms with Gasteiger partial charge in [-0.2, -0.15) is 0 Å². The quantitative estimate of drug-likeness (QED) is 0.0334. The molecule has 6 aromatic carbocycles. The fourth-order valence-electron chi connectivity index (χ4n) is 28.0. The smallest absolute Gasteiger partial charge is 0.0193 e. The molecule has 5 aliphatic rings. The van der Waals surface area contributed by atoms with Crippen LogP contribution in [0.4, 0.5) is 0 Å². The summed E-state index contributed by atoms with van der Waals surface area (Å²) < 4.78 is 0. The van der Waals surface area contributed by atoms with Crippen LogP contribution in [0.2, 0.25) is 0 Å². The Morgan fingerprint density at radius 2 is 0.394 bits per heavy atom. The van der Waals surface area contributed by atoms with Crippen LogP contribution in [-0.4, -0.2) is 0 Å². The lowest BCUT2D eigenvalue weighted by molar-refractivity contribution is 0.466. The van der Waals surface area contributed by atoms with Gasteiger partial charge in [-0.05, 0) is 272 Å². The molecular weight excluding hydrogens is 1590 g/mol. The average Bonchev–Trinajstić information content (AvgIpc) is 1.49. The summed E-state index contributed by atoms with van der Waals surface area (Å²) in [4.78, 5) is 0. The standard InChI is InChI=1S/C132H208/c1-17-28-39-50-55-60-65-78-94-128(12)113-93-83-85-102(84-70-44-33-22-6)117(113)122-108(91-75-49-38-27-11)123-111(101-116(122)128)121-107(90-74-48-37-26-10)126-120(106(89-73-47-36-25-9)127(121)132(123,16)98-82-69-64-59-54-43-32-21-5)110-100-114-109(99-115(110)131(126,15)97-81-68-63-58-53-42-31-20-4)119-105(88-72-46-35-24-8)124-118(103-86-76-77-92-112(103)129(124,13)95-79-66-61-56-51-40-29-18-2)104(87-71-45-34-23-7)125(119)130(114,14)96-80-67-62-57-52-41-30-19-3/h76-77,83,85-86,92-93,99-101H,17-75,78-82,84,87-91,94-98H2,1-16H3. The molecule has 5 unspecified atom stereocenters. The molecule has 0 fully saturated rings. The van der Waals surface area contributed by atoms with Crippen molar-refractivity contribution >= 4 is 0 Å². The molecule has 0 spiro atoms. The van der Waals surface area contributed by atoms with Gasteiger partial charge < -0.3 is 0 Å². The van der Waals surface area contributed by atoms with Gasteiger partial charge in [0.05, 0.1) is 0 Å². The van der Waals surface area contributed by atoms with Crippen molar-refractivity contribution in [2.75, 3.05) is 0 Å². The van der Waals surface area contributed by atoms with Gasteiger partial charge in [-0.3, -0.25) is 0 Å². The van der Waals surface area contributed by atoms with E-state index in [1.165, 1.54) is 482 Å². The maximum absolute atomic E-state index is 3.16. The molecule has 11 rings (SSSR count). The summed E-state index contributed by atoms with van der Waals surface area (Å²) in [6, 6.07) is 27.7. The highest BCUT2D eigenvalue weighted by molar-refractivity contribution is 6.02. The molecule has 0 bridgehead atoms. The van der Waals surface area contributed by atoms with Crippen molar-refractivity contribution in [3.63, 3.8) is 0 Å². The number of unbranched alkanes of at least 4 members (excludes halogenated alkanes) is 53. The summed E-state index contributed by atoms with van der Waals surface area (Å²) >= 11 is 0. The summed E-state index contributed by atoms with van der Waals surface area (Å²) in [6.07, 6.45) is 99.5. The molecule has 0 nitrogen and oxygen atoms in total. The molecule has 736 valence electrons. The molecule has 0 N–H and O–H groups in total. The predicted molar refractivity (Wildman–Crippen MR) is 589 cm³/mol. The molecule has 0 amide bonds. The van der Waals surface area contributed by atoms with E-state index in [-0.39, 0.29) is 27.1 Å². The second-order valence-electron chi connectivity index (χ2n) is 46.1. The summed E-state index contributed by atoms with van der Waals surface area (Å²) in [5.74, 6) is 0. The number of benzene rings is 6. The molecule has 6 aromatic rings. The second kappa shape index (κ2) is 55.9. The molecule has 0 saturated carbocycles. The largest absolute Gasteiger partial charge is 0.0654 e. The molecular formula is C132H208. The average molecular weight is 1800 g/mol. The van der Waals surface area contributed by atoms with Crippen molar-refractivity contribution in [3.05, 3.63) is 150 Å². The first-order valence-corrected chi connectivity index (χ1v) is 59.7. The zero-order valence-electron chi connectivity index (χ0n) is 90.3. The van der Waals surface area contributed by atoms with Gasteiger partial charge in [0.1, 0.15) is 0 Å². The molecule has 5 aliphatic carbocycles. The number of hydrogen-bond donors (Lipinski definition) is 0. The van der Waals surface area contributed by atoms with Crippen LogP contribution in [0.15, 0.2) is 60.7 Å². The third-order valence-electron chi connectivity index (χ3n) is 35.5. The van der Waals surface area contributed by atoms with E-state index in [9.17, 15) is 0 Å². The van der Waals surface area contributed by atoms with Crippen molar-refractivity contribution in [2.45, 2.75) is 619 Å². The van der Waals surface area contributed by atoms with E-state index in [0.717, 1.165) is 0 Å². The normalized spacial score (nSPS) is 18.6. The van der Waals surface area contributed by atoms with Gasteiger partial charge in [-0.1, -0.05) is 526 Å². The molecule has 0 heterocycles. The van der Waals surface area contributed by atoms with Gasteiger partial charge in [0, 0.05) is 27.1 Å². The molecule has 132 heavy (non-hydrogen) atoms. The van der Waals surface area contributed by atoms with Crippen molar-refractivity contribution in [3.8, 4) is 55.6 Å². The lowest BCUT2D eigenvalue weighted by Crippen LogP contribution is -2.27. The van der Waals surface area contributed by atoms with E-state index >= 15 is 0 Å². The first-order chi connectivity index (χ1) is 64.6. The van der Waals surface area contributed by atoms with E-state index in [4.69, 9.17) is 0 Å². The molecule has 0 aromatic heterocycles. The minimum absolute atomic E-state index is 0.0479. The van der Waals surface area contributed by atoms with Gasteiger partial charge in [-0.25, -0.2) is 0 Å². The van der Waals surface area contributed by atoms with E-state index < -0.39 is 0 Å². The topological polar surface area (TPSA) is 0 Å². The fourth-order valence-corrected chi connectivity index (χ4v) is 28.0. The minimum Gasteiger partial charge on any atom is -0.0654 e. The van der Waals surface area contributed by atoms with Crippen LogP contribution in [0.1, 0.15) is 643 Å². The zero-order chi connectivity index (χ0) is 93.6. The Kier molecular flexibility index (Phi) is 45.7. The van der Waals surface area contributed by atoms with Crippen LogP contribution in [0, 0.1) is 0 Å².